The van der Waals surface area contributed by atoms with Crippen molar-refractivity contribution in [2.75, 3.05) is 23.8 Å². The van der Waals surface area contributed by atoms with E-state index in [1.165, 1.54) is 0 Å². The second kappa shape index (κ2) is 9.52. The number of fused-ring (bicyclic) bond motifs is 2. The van der Waals surface area contributed by atoms with Crippen LogP contribution in [0.3, 0.4) is 0 Å². The predicted molar refractivity (Wildman–Crippen MR) is 128 cm³/mol. The average Bonchev–Trinajstić information content (AvgIpc) is 3.02. The van der Waals surface area contributed by atoms with Crippen molar-refractivity contribution in [3.05, 3.63) is 17.8 Å². The molecule has 1 aromatic rings. The van der Waals surface area contributed by atoms with Crippen LogP contribution in [0.5, 0.6) is 0 Å². The molecule has 1 atom stereocenters. The van der Waals surface area contributed by atoms with Crippen molar-refractivity contribution in [2.45, 2.75) is 83.3 Å². The van der Waals surface area contributed by atoms with Gasteiger partial charge < -0.3 is 25.4 Å². The van der Waals surface area contributed by atoms with E-state index in [-0.39, 0.29) is 17.7 Å². The minimum Gasteiger partial charge on any atom is -0.444 e. The molecule has 3 N–H and O–H groups in total. The lowest BCUT2D eigenvalue weighted by molar-refractivity contribution is -0.124. The molecule has 1 spiro atoms. The Kier molecular flexibility index (Phi) is 6.85. The molecule has 9 nitrogen and oxygen atoms in total. The van der Waals surface area contributed by atoms with Gasteiger partial charge in [-0.3, -0.25) is 9.59 Å². The van der Waals surface area contributed by atoms with Crippen LogP contribution in [0.4, 0.5) is 16.3 Å². The number of ether oxygens (including phenoxy) is 2. The van der Waals surface area contributed by atoms with Crippen molar-refractivity contribution in [3.63, 3.8) is 0 Å². The molecule has 1 saturated heterocycles. The van der Waals surface area contributed by atoms with Crippen molar-refractivity contribution < 1.29 is 23.9 Å². The molecule has 1 aliphatic carbocycles. The van der Waals surface area contributed by atoms with Crippen LogP contribution >= 0.6 is 0 Å². The Labute approximate surface area is 200 Å². The fourth-order valence-electron chi connectivity index (χ4n) is 5.24. The summed E-state index contributed by atoms with van der Waals surface area (Å²) in [5.41, 5.74) is 0.248. The number of nitrogens with one attached hydrogen (secondary N) is 3. The highest BCUT2D eigenvalue weighted by molar-refractivity contribution is 6.07. The molecule has 3 aliphatic rings. The third kappa shape index (κ3) is 5.19. The van der Waals surface area contributed by atoms with E-state index in [0.29, 0.717) is 43.5 Å². The average molecular weight is 473 g/mol. The van der Waals surface area contributed by atoms with Crippen LogP contribution < -0.4 is 16.0 Å². The molecular formula is C25H36N4O5. The van der Waals surface area contributed by atoms with Crippen molar-refractivity contribution >= 4 is 29.4 Å². The number of nitrogens with zero attached hydrogens (tertiary/aromatic N) is 1. The maximum absolute atomic E-state index is 13.3. The zero-order chi connectivity index (χ0) is 24.5. The first-order valence-electron chi connectivity index (χ1n) is 12.3. The van der Waals surface area contributed by atoms with Crippen LogP contribution in [0.2, 0.25) is 0 Å². The topological polar surface area (TPSA) is 119 Å². The Balaban J connectivity index is 1.50. The van der Waals surface area contributed by atoms with Gasteiger partial charge in [0.25, 0.3) is 0 Å². The summed E-state index contributed by atoms with van der Waals surface area (Å²) >= 11 is 0. The number of aromatic nitrogens is 1. The van der Waals surface area contributed by atoms with Gasteiger partial charge in [0.15, 0.2) is 0 Å². The number of carbonyl (C=O) groups excluding carboxylic acids is 3. The van der Waals surface area contributed by atoms with Gasteiger partial charge in [0.1, 0.15) is 17.5 Å². The van der Waals surface area contributed by atoms with Crippen LogP contribution in [0.1, 0.15) is 71.8 Å². The van der Waals surface area contributed by atoms with Gasteiger partial charge in [0.2, 0.25) is 11.8 Å². The molecule has 0 radical (unpaired) electrons. The van der Waals surface area contributed by atoms with Gasteiger partial charge in [0.05, 0.1) is 11.1 Å². The minimum atomic E-state index is -0.728. The van der Waals surface area contributed by atoms with Gasteiger partial charge in [-0.1, -0.05) is 19.8 Å². The summed E-state index contributed by atoms with van der Waals surface area (Å²) in [7, 11) is 0. The predicted octanol–water partition coefficient (Wildman–Crippen LogP) is 3.74. The van der Waals surface area contributed by atoms with E-state index in [1.54, 1.807) is 33.0 Å². The smallest absolute Gasteiger partial charge is 0.408 e. The van der Waals surface area contributed by atoms with Gasteiger partial charge in [-0.05, 0) is 58.3 Å². The Hall–Kier alpha value is -2.68. The molecule has 186 valence electrons. The lowest BCUT2D eigenvalue weighted by atomic mass is 9.76. The zero-order valence-electron chi connectivity index (χ0n) is 20.5. The van der Waals surface area contributed by atoms with E-state index >= 15 is 0 Å². The Morgan fingerprint density at radius 2 is 1.88 bits per heavy atom. The zero-order valence-corrected chi connectivity index (χ0v) is 20.5. The van der Waals surface area contributed by atoms with Crippen LogP contribution in [-0.4, -0.2) is 47.7 Å². The highest BCUT2D eigenvalue weighted by atomic mass is 16.6. The third-order valence-electron chi connectivity index (χ3n) is 7.19. The highest BCUT2D eigenvalue weighted by Crippen LogP contribution is 2.44. The second-order valence-corrected chi connectivity index (χ2v) is 10.9. The number of rotatable bonds is 4. The first-order valence-corrected chi connectivity index (χ1v) is 12.3. The number of hydrogen-bond acceptors (Lipinski definition) is 6. The number of carbonyl (C=O) groups is 3. The molecule has 34 heavy (non-hydrogen) atoms. The molecule has 3 heterocycles. The summed E-state index contributed by atoms with van der Waals surface area (Å²) < 4.78 is 10.9. The van der Waals surface area contributed by atoms with Crippen LogP contribution in [-0.2, 0) is 24.5 Å². The van der Waals surface area contributed by atoms with Crippen LogP contribution in [0, 0.1) is 11.8 Å². The van der Waals surface area contributed by atoms with E-state index in [4.69, 9.17) is 9.47 Å². The molecule has 0 bridgehead atoms. The van der Waals surface area contributed by atoms with Gasteiger partial charge in [-0.2, -0.15) is 0 Å². The highest BCUT2D eigenvalue weighted by Gasteiger charge is 2.48. The Bertz CT molecular complexity index is 943. The number of hydrogen-bond donors (Lipinski definition) is 3. The summed E-state index contributed by atoms with van der Waals surface area (Å²) in [4.78, 5) is 43.1. The van der Waals surface area contributed by atoms with Crippen molar-refractivity contribution in [1.29, 1.82) is 0 Å². The second-order valence-electron chi connectivity index (χ2n) is 10.9. The van der Waals surface area contributed by atoms with Crippen molar-refractivity contribution in [3.8, 4) is 0 Å². The number of anilines is 2. The van der Waals surface area contributed by atoms with Gasteiger partial charge in [-0.15, -0.1) is 0 Å². The monoisotopic (exact) mass is 472 g/mol. The molecule has 1 saturated carbocycles. The molecule has 2 fully saturated rings. The van der Waals surface area contributed by atoms with Crippen LogP contribution in [0.25, 0.3) is 0 Å². The first kappa shape index (κ1) is 24.4. The summed E-state index contributed by atoms with van der Waals surface area (Å²) in [5, 5.41) is 8.61. The Morgan fingerprint density at radius 3 is 2.53 bits per heavy atom. The molecule has 3 amide bonds. The van der Waals surface area contributed by atoms with Gasteiger partial charge >= 0.3 is 6.09 Å². The molecule has 0 aromatic carbocycles. The number of alkyl carbamates (subject to hydrolysis) is 1. The maximum Gasteiger partial charge on any atom is 0.408 e. The van der Waals surface area contributed by atoms with E-state index in [1.807, 2.05) is 0 Å². The van der Waals surface area contributed by atoms with Crippen molar-refractivity contribution in [2.24, 2.45) is 11.8 Å². The third-order valence-corrected chi connectivity index (χ3v) is 7.19. The van der Waals surface area contributed by atoms with Crippen LogP contribution in [0.15, 0.2) is 12.3 Å². The normalized spacial score (nSPS) is 24.6. The lowest BCUT2D eigenvalue weighted by Gasteiger charge is -2.33. The van der Waals surface area contributed by atoms with E-state index in [2.05, 4.69) is 27.9 Å². The summed E-state index contributed by atoms with van der Waals surface area (Å²) in [5.74, 6) is 0.595. The molecule has 2 aliphatic heterocycles. The molecule has 4 rings (SSSR count). The SMILES string of the molecule is CC1CCC([C@H](NC(=O)OC(C)(C)C)C(=O)Nc2cc3c(cn2)C2(CCOCC2)C(=O)N3)CC1. The number of amides is 3. The standard InChI is InChI=1S/C25H36N4O5/c1-15-5-7-16(8-6-15)20(29-23(32)34-24(2,3)4)21(30)28-19-13-18-17(14-26-19)25(22(31)27-18)9-11-33-12-10-25/h13-16,20H,5-12H2,1-4H3,(H,27,31)(H,29,32)(H,26,28,30)/t15?,16?,20-/m0/s1. The van der Waals surface area contributed by atoms with E-state index in [0.717, 1.165) is 31.2 Å². The molecule has 1 aromatic heterocycles. The van der Waals surface area contributed by atoms with Crippen molar-refractivity contribution in [1.82, 2.24) is 10.3 Å². The summed E-state index contributed by atoms with van der Waals surface area (Å²) in [6.07, 6.45) is 6.02. The molecule has 0 unspecified atom stereocenters. The summed E-state index contributed by atoms with van der Waals surface area (Å²) in [6.45, 7) is 8.64. The maximum atomic E-state index is 13.3. The fraction of sp³-hybridized carbons (Fsp3) is 0.680. The minimum absolute atomic E-state index is 0.0170. The molecular weight excluding hydrogens is 436 g/mol. The molecule has 9 heteroatoms. The lowest BCUT2D eigenvalue weighted by Crippen LogP contribution is -2.50. The van der Waals surface area contributed by atoms with Gasteiger partial charge in [-0.25, -0.2) is 9.78 Å². The largest absolute Gasteiger partial charge is 0.444 e. The number of pyridine rings is 1. The fourth-order valence-corrected chi connectivity index (χ4v) is 5.24. The van der Waals surface area contributed by atoms with E-state index in [9.17, 15) is 14.4 Å². The Morgan fingerprint density at radius 1 is 1.21 bits per heavy atom. The van der Waals surface area contributed by atoms with E-state index < -0.39 is 23.2 Å². The van der Waals surface area contributed by atoms with Gasteiger partial charge in [0, 0.05) is 31.0 Å². The quantitative estimate of drug-likeness (QED) is 0.614. The summed E-state index contributed by atoms with van der Waals surface area (Å²) in [6, 6.07) is 0.969. The first-order chi connectivity index (χ1) is 16.1.